The molecule has 0 aromatic carbocycles. The fourth-order valence-corrected chi connectivity index (χ4v) is 0.780. The molecule has 1 fully saturated rings. The Bertz CT molecular complexity index is 409. The third-order valence-corrected chi connectivity index (χ3v) is 1.89. The molecule has 0 saturated carbocycles. The van der Waals surface area contributed by atoms with Crippen molar-refractivity contribution in [3.8, 4) is 0 Å². The van der Waals surface area contributed by atoms with Crippen LogP contribution in [0.15, 0.2) is 24.3 Å². The van der Waals surface area contributed by atoms with Gasteiger partial charge in [-0.1, -0.05) is 13.2 Å². The zero-order chi connectivity index (χ0) is 17.0. The van der Waals surface area contributed by atoms with Crippen molar-refractivity contribution in [3.63, 3.8) is 0 Å². The van der Waals surface area contributed by atoms with E-state index >= 15 is 0 Å². The van der Waals surface area contributed by atoms with Gasteiger partial charge in [0.15, 0.2) is 0 Å². The molecular weight excluding hydrogens is 280 g/mol. The number of hydrogen-bond acceptors (Lipinski definition) is 6. The Morgan fingerprint density at radius 3 is 1.57 bits per heavy atom. The number of carboxylic acid groups (broad SMARTS) is 1. The van der Waals surface area contributed by atoms with Crippen LogP contribution < -0.4 is 0 Å². The van der Waals surface area contributed by atoms with Crippen molar-refractivity contribution in [2.75, 3.05) is 7.11 Å². The summed E-state index contributed by atoms with van der Waals surface area (Å²) in [5.74, 6) is -2.06. The number of carbonyl (C=O) groups excluding carboxylic acids is 3. The first kappa shape index (κ1) is 20.9. The summed E-state index contributed by atoms with van der Waals surface area (Å²) in [6.45, 7) is 9.56. The average molecular weight is 300 g/mol. The highest BCUT2D eigenvalue weighted by atomic mass is 16.6. The monoisotopic (exact) mass is 300 g/mol. The van der Waals surface area contributed by atoms with Gasteiger partial charge in [-0.05, 0) is 20.3 Å². The Morgan fingerprint density at radius 2 is 1.48 bits per heavy atom. The van der Waals surface area contributed by atoms with Crippen molar-refractivity contribution in [2.45, 2.75) is 33.1 Å². The van der Waals surface area contributed by atoms with Gasteiger partial charge in [-0.25, -0.2) is 9.59 Å². The molecule has 0 bridgehead atoms. The molecule has 1 heterocycles. The summed E-state index contributed by atoms with van der Waals surface area (Å²) in [7, 11) is 1.33. The van der Waals surface area contributed by atoms with Crippen LogP contribution in [0.25, 0.3) is 0 Å². The maximum absolute atomic E-state index is 10.2. The second-order valence-electron chi connectivity index (χ2n) is 4.06. The van der Waals surface area contributed by atoms with Crippen LogP contribution in [0.5, 0.6) is 0 Å². The van der Waals surface area contributed by atoms with E-state index in [0.29, 0.717) is 24.8 Å². The third-order valence-electron chi connectivity index (χ3n) is 1.89. The standard InChI is InChI=1S/C5H6O3.C5H8O2.C4H6O2/c6-4-2-1-3-5(7)8-4;1-4(2)5(6)7-3;1-3(2)4(5)6/h1-3H2;1H2,2-3H3;1H2,2H3,(H,5,6). The topological polar surface area (TPSA) is 107 Å². The van der Waals surface area contributed by atoms with Crippen LogP contribution in [0.2, 0.25) is 0 Å². The van der Waals surface area contributed by atoms with Crippen LogP contribution in [-0.4, -0.2) is 36.1 Å². The minimum absolute atomic E-state index is 0.176. The van der Waals surface area contributed by atoms with Crippen molar-refractivity contribution in [2.24, 2.45) is 0 Å². The molecule has 0 spiro atoms. The van der Waals surface area contributed by atoms with Crippen LogP contribution in [-0.2, 0) is 28.7 Å². The lowest BCUT2D eigenvalue weighted by atomic mass is 10.2. The Hall–Kier alpha value is -2.44. The van der Waals surface area contributed by atoms with E-state index in [0.717, 1.165) is 0 Å². The molecule has 118 valence electrons. The zero-order valence-corrected chi connectivity index (χ0v) is 12.4. The molecule has 0 radical (unpaired) electrons. The fraction of sp³-hybridized carbons (Fsp3) is 0.429. The highest BCUT2D eigenvalue weighted by molar-refractivity contribution is 5.88. The van der Waals surface area contributed by atoms with Crippen molar-refractivity contribution >= 4 is 23.9 Å². The molecule has 7 nitrogen and oxygen atoms in total. The summed E-state index contributed by atoms with van der Waals surface area (Å²) >= 11 is 0. The number of methoxy groups -OCH3 is 1. The molecule has 0 aliphatic carbocycles. The van der Waals surface area contributed by atoms with Crippen LogP contribution in [0.1, 0.15) is 33.1 Å². The van der Waals surface area contributed by atoms with Gasteiger partial charge < -0.3 is 14.6 Å². The van der Waals surface area contributed by atoms with E-state index < -0.39 is 5.97 Å². The molecule has 0 aromatic rings. The summed E-state index contributed by atoms with van der Waals surface area (Å²) < 4.78 is 8.48. The van der Waals surface area contributed by atoms with E-state index in [4.69, 9.17) is 5.11 Å². The lowest BCUT2D eigenvalue weighted by Gasteiger charge is -2.06. The SMILES string of the molecule is C=C(C)C(=O)O.C=C(C)C(=O)OC.O=C1CCCC(=O)O1. The van der Waals surface area contributed by atoms with Crippen LogP contribution in [0, 0.1) is 0 Å². The first-order valence-corrected chi connectivity index (χ1v) is 5.97. The molecule has 1 N–H and O–H groups in total. The molecular formula is C14H20O7. The zero-order valence-electron chi connectivity index (χ0n) is 12.4. The highest BCUT2D eigenvalue weighted by Gasteiger charge is 2.15. The third kappa shape index (κ3) is 13.8. The van der Waals surface area contributed by atoms with E-state index in [1.54, 1.807) is 6.92 Å². The second kappa shape index (κ2) is 11.4. The van der Waals surface area contributed by atoms with Gasteiger partial charge in [0.25, 0.3) is 0 Å². The number of carbonyl (C=O) groups is 4. The van der Waals surface area contributed by atoms with Gasteiger partial charge in [0.1, 0.15) is 0 Å². The quantitative estimate of drug-likeness (QED) is 0.469. The highest BCUT2D eigenvalue weighted by Crippen LogP contribution is 2.06. The number of rotatable bonds is 2. The molecule has 1 aliphatic rings. The first-order valence-electron chi connectivity index (χ1n) is 5.97. The number of esters is 3. The molecule has 0 atom stereocenters. The Morgan fingerprint density at radius 1 is 1.10 bits per heavy atom. The summed E-state index contributed by atoms with van der Waals surface area (Å²) in [4.78, 5) is 40.3. The number of carboxylic acids is 1. The van der Waals surface area contributed by atoms with Gasteiger partial charge in [-0.15, -0.1) is 0 Å². The number of hydrogen-bond donors (Lipinski definition) is 1. The molecule has 1 rings (SSSR count). The number of ether oxygens (including phenoxy) is 2. The first-order chi connectivity index (χ1) is 9.61. The Labute approximate surface area is 123 Å². The molecule has 21 heavy (non-hydrogen) atoms. The molecule has 0 aromatic heterocycles. The van der Waals surface area contributed by atoms with Gasteiger partial charge in [0, 0.05) is 24.0 Å². The van der Waals surface area contributed by atoms with E-state index in [9.17, 15) is 19.2 Å². The smallest absolute Gasteiger partial charge is 0.332 e. The molecule has 1 aliphatic heterocycles. The van der Waals surface area contributed by atoms with Gasteiger partial charge in [0.05, 0.1) is 7.11 Å². The van der Waals surface area contributed by atoms with Crippen molar-refractivity contribution in [1.29, 1.82) is 0 Å². The average Bonchev–Trinajstić information content (AvgIpc) is 2.38. The maximum atomic E-state index is 10.2. The molecule has 0 amide bonds. The van der Waals surface area contributed by atoms with E-state index in [1.165, 1.54) is 14.0 Å². The summed E-state index contributed by atoms with van der Waals surface area (Å²) in [5.41, 5.74) is 0.609. The predicted octanol–water partition coefficient (Wildman–Crippen LogP) is 1.62. The number of cyclic esters (lactones) is 2. The van der Waals surface area contributed by atoms with Crippen LogP contribution in [0.3, 0.4) is 0 Å². The molecule has 0 unspecified atom stereocenters. The maximum Gasteiger partial charge on any atom is 0.332 e. The van der Waals surface area contributed by atoms with E-state index in [1.807, 2.05) is 0 Å². The molecule has 1 saturated heterocycles. The van der Waals surface area contributed by atoms with E-state index in [-0.39, 0.29) is 23.5 Å². The van der Waals surface area contributed by atoms with Crippen molar-refractivity contribution in [1.82, 2.24) is 0 Å². The van der Waals surface area contributed by atoms with Crippen molar-refractivity contribution in [3.05, 3.63) is 24.3 Å². The van der Waals surface area contributed by atoms with Crippen molar-refractivity contribution < 1.29 is 33.8 Å². The molecule has 7 heteroatoms. The van der Waals surface area contributed by atoms with Gasteiger partial charge in [-0.2, -0.15) is 0 Å². The Balaban J connectivity index is 0. The number of aliphatic carboxylic acids is 1. The summed E-state index contributed by atoms with van der Waals surface area (Å²) in [5, 5.41) is 7.89. The minimum atomic E-state index is -0.935. The summed E-state index contributed by atoms with van der Waals surface area (Å²) in [6, 6.07) is 0. The van der Waals surface area contributed by atoms with Crippen LogP contribution >= 0.6 is 0 Å². The predicted molar refractivity (Wildman–Crippen MR) is 74.2 cm³/mol. The van der Waals surface area contributed by atoms with E-state index in [2.05, 4.69) is 22.6 Å². The largest absolute Gasteiger partial charge is 0.478 e. The minimum Gasteiger partial charge on any atom is -0.478 e. The summed E-state index contributed by atoms with van der Waals surface area (Å²) in [6.07, 6.45) is 1.44. The lowest BCUT2D eigenvalue weighted by molar-refractivity contribution is -0.163. The second-order valence-corrected chi connectivity index (χ2v) is 4.06. The van der Waals surface area contributed by atoms with Gasteiger partial charge in [-0.3, -0.25) is 9.59 Å². The van der Waals surface area contributed by atoms with Gasteiger partial charge in [0.2, 0.25) is 0 Å². The van der Waals surface area contributed by atoms with Crippen LogP contribution in [0.4, 0.5) is 0 Å². The lowest BCUT2D eigenvalue weighted by Crippen LogP contribution is -2.17. The fourth-order valence-electron chi connectivity index (χ4n) is 0.780. The van der Waals surface area contributed by atoms with Gasteiger partial charge >= 0.3 is 23.9 Å². The normalized spacial score (nSPS) is 12.5. The Kier molecular flexibility index (Phi) is 11.3.